The van der Waals surface area contributed by atoms with E-state index in [1.165, 1.54) is 6.07 Å². The molecular weight excluding hydrogens is 533 g/mol. The normalized spacial score (nSPS) is 28.1. The minimum Gasteiger partial charge on any atom is -0.508 e. The number of primary amides is 1. The van der Waals surface area contributed by atoms with Gasteiger partial charge in [0.15, 0.2) is 17.2 Å². The van der Waals surface area contributed by atoms with Crippen LogP contribution >= 0.6 is 0 Å². The molecule has 0 bridgehead atoms. The van der Waals surface area contributed by atoms with Gasteiger partial charge < -0.3 is 31.5 Å². The fraction of sp³-hybridized carbons (Fsp3) is 0.393. The van der Waals surface area contributed by atoms with E-state index in [9.17, 15) is 48.0 Å². The van der Waals surface area contributed by atoms with Crippen LogP contribution in [-0.4, -0.2) is 62.3 Å². The first kappa shape index (κ1) is 27.8. The number of allylic oxidation sites excluding steroid dienone is 1. The molecule has 3 aliphatic carbocycles. The summed E-state index contributed by atoms with van der Waals surface area (Å²) in [6.45, 7) is -1.14. The summed E-state index contributed by atoms with van der Waals surface area (Å²) in [5.74, 6) is -7.78. The fourth-order valence-corrected chi connectivity index (χ4v) is 6.35. The molecule has 3 aliphatic rings. The molecule has 2 unspecified atom stereocenters. The molecule has 9 nitrogen and oxygen atoms in total. The fourth-order valence-electron chi connectivity index (χ4n) is 6.35. The van der Waals surface area contributed by atoms with Gasteiger partial charge in [-0.15, -0.1) is 0 Å². The molecule has 5 atom stereocenters. The molecule has 212 valence electrons. The van der Waals surface area contributed by atoms with Crippen LogP contribution in [0.5, 0.6) is 5.75 Å². The van der Waals surface area contributed by atoms with E-state index >= 15 is 0 Å². The zero-order valence-corrected chi connectivity index (χ0v) is 21.0. The highest BCUT2D eigenvalue weighted by Gasteiger charge is 2.62. The first-order valence-electron chi connectivity index (χ1n) is 12.7. The summed E-state index contributed by atoms with van der Waals surface area (Å²) >= 11 is 0. The second-order valence-electron chi connectivity index (χ2n) is 10.6. The SMILES string of the molecule is NC(=O)C1C(=O)[C@@]2(O)C(O)=C3C(=O)c4c(O)ccc(-c5ccc(CNCC(F)(F)F)cc5)c4C[C@H]3C[C@H]2CC1O. The Kier molecular flexibility index (Phi) is 6.76. The maximum Gasteiger partial charge on any atom is 0.401 e. The third-order valence-corrected chi connectivity index (χ3v) is 8.19. The average molecular weight is 561 g/mol. The average Bonchev–Trinajstić information content (AvgIpc) is 2.86. The number of alkyl halides is 3. The van der Waals surface area contributed by atoms with Crippen LogP contribution in [-0.2, 0) is 22.6 Å². The van der Waals surface area contributed by atoms with Crippen molar-refractivity contribution in [3.05, 3.63) is 64.4 Å². The van der Waals surface area contributed by atoms with E-state index in [4.69, 9.17) is 5.73 Å². The van der Waals surface area contributed by atoms with Gasteiger partial charge in [-0.3, -0.25) is 14.4 Å². The number of nitrogens with two attached hydrogens (primary N) is 1. The number of halogens is 3. The summed E-state index contributed by atoms with van der Waals surface area (Å²) in [7, 11) is 0. The summed E-state index contributed by atoms with van der Waals surface area (Å²) in [4.78, 5) is 38.6. The topological polar surface area (TPSA) is 170 Å². The largest absolute Gasteiger partial charge is 0.508 e. The van der Waals surface area contributed by atoms with Crippen molar-refractivity contribution < 1.29 is 48.0 Å². The van der Waals surface area contributed by atoms with Gasteiger partial charge in [-0.2, -0.15) is 13.2 Å². The minimum absolute atomic E-state index is 0.00700. The second-order valence-corrected chi connectivity index (χ2v) is 10.6. The molecule has 12 heteroatoms. The lowest BCUT2D eigenvalue weighted by Gasteiger charge is -2.48. The van der Waals surface area contributed by atoms with Gasteiger partial charge in [0.25, 0.3) is 0 Å². The highest BCUT2D eigenvalue weighted by Crippen LogP contribution is 2.52. The van der Waals surface area contributed by atoms with Gasteiger partial charge in [-0.1, -0.05) is 30.3 Å². The number of phenolic OH excluding ortho intramolecular Hbond substituents is 1. The van der Waals surface area contributed by atoms with Crippen LogP contribution in [0.3, 0.4) is 0 Å². The second kappa shape index (κ2) is 9.72. The Bertz CT molecular complexity index is 1440. The number of carbonyl (C=O) groups excluding carboxylic acids is 3. The standard InChI is InChI=1S/C28H27F3N2O7/c29-27(30,31)11-33-10-12-1-3-13(4-2-12)16-5-6-18(34)21-17(16)8-14-7-15-9-19(35)22(26(32)39)25(38)28(15,40)24(37)20(14)23(21)36/h1-6,14-15,19,22,33-35,37,40H,7-11H2,(H2,32,39)/t14-,15+,19?,22?,28+/m1/s1. The molecule has 1 saturated carbocycles. The molecule has 0 radical (unpaired) electrons. The van der Waals surface area contributed by atoms with Crippen molar-refractivity contribution in [1.82, 2.24) is 5.32 Å². The molecule has 0 spiro atoms. The molecule has 1 amide bonds. The lowest BCUT2D eigenvalue weighted by Crippen LogP contribution is -2.63. The van der Waals surface area contributed by atoms with Gasteiger partial charge in [0.2, 0.25) is 5.91 Å². The smallest absolute Gasteiger partial charge is 0.401 e. The number of benzene rings is 2. The first-order chi connectivity index (χ1) is 18.7. The molecule has 2 aromatic rings. The third kappa shape index (κ3) is 4.45. The molecular formula is C28H27F3N2O7. The van der Waals surface area contributed by atoms with Gasteiger partial charge >= 0.3 is 6.18 Å². The van der Waals surface area contributed by atoms with E-state index < -0.39 is 65.4 Å². The van der Waals surface area contributed by atoms with Crippen LogP contribution in [0.2, 0.25) is 0 Å². The highest BCUT2D eigenvalue weighted by atomic mass is 19.4. The number of amides is 1. The molecule has 40 heavy (non-hydrogen) atoms. The number of carbonyl (C=O) groups is 3. The van der Waals surface area contributed by atoms with Gasteiger partial charge in [-0.25, -0.2) is 0 Å². The van der Waals surface area contributed by atoms with Gasteiger partial charge in [0, 0.05) is 18.0 Å². The zero-order valence-electron chi connectivity index (χ0n) is 21.0. The number of nitrogens with one attached hydrogen (secondary N) is 1. The first-order valence-corrected chi connectivity index (χ1v) is 12.7. The maximum atomic E-state index is 13.7. The van der Waals surface area contributed by atoms with Crippen molar-refractivity contribution >= 4 is 17.5 Å². The Labute approximate surface area is 226 Å². The number of Topliss-reactive ketones (excluding diaryl/α,β-unsaturated/α-hetero) is 2. The molecule has 7 N–H and O–H groups in total. The lowest BCUT2D eigenvalue weighted by atomic mass is 9.57. The van der Waals surface area contributed by atoms with Crippen LogP contribution < -0.4 is 11.1 Å². The number of aliphatic hydroxyl groups excluding tert-OH is 2. The molecule has 0 saturated heterocycles. The number of phenols is 1. The highest BCUT2D eigenvalue weighted by molar-refractivity contribution is 6.16. The van der Waals surface area contributed by atoms with Crippen LogP contribution in [0, 0.1) is 17.8 Å². The van der Waals surface area contributed by atoms with E-state index in [0.717, 1.165) is 0 Å². The summed E-state index contributed by atoms with van der Waals surface area (Å²) in [5, 5.41) is 45.8. The van der Waals surface area contributed by atoms with Crippen molar-refractivity contribution in [3.8, 4) is 16.9 Å². The zero-order chi connectivity index (χ0) is 29.1. The van der Waals surface area contributed by atoms with Crippen LogP contribution in [0.25, 0.3) is 11.1 Å². The molecule has 0 aromatic heterocycles. The van der Waals surface area contributed by atoms with Gasteiger partial charge in [0.05, 0.1) is 18.2 Å². The van der Waals surface area contributed by atoms with Crippen molar-refractivity contribution in [3.63, 3.8) is 0 Å². The number of rotatable bonds is 5. The summed E-state index contributed by atoms with van der Waals surface area (Å²) in [5.41, 5.74) is 4.63. The summed E-state index contributed by atoms with van der Waals surface area (Å²) in [6.07, 6.45) is -5.81. The quantitative estimate of drug-likeness (QED) is 0.302. The predicted molar refractivity (Wildman–Crippen MR) is 134 cm³/mol. The number of hydrogen-bond donors (Lipinski definition) is 6. The van der Waals surface area contributed by atoms with Crippen LogP contribution in [0.1, 0.15) is 34.3 Å². The molecule has 0 aliphatic heterocycles. The van der Waals surface area contributed by atoms with Crippen LogP contribution in [0.4, 0.5) is 13.2 Å². The van der Waals surface area contributed by atoms with Gasteiger partial charge in [0.1, 0.15) is 17.4 Å². The van der Waals surface area contributed by atoms with E-state index in [1.54, 1.807) is 30.3 Å². The van der Waals surface area contributed by atoms with E-state index in [0.29, 0.717) is 22.3 Å². The van der Waals surface area contributed by atoms with Crippen molar-refractivity contribution in [2.24, 2.45) is 23.5 Å². The maximum absolute atomic E-state index is 13.7. The Morgan fingerprint density at radius 1 is 1.07 bits per heavy atom. The summed E-state index contributed by atoms with van der Waals surface area (Å²) in [6, 6.07) is 9.57. The molecule has 1 fully saturated rings. The molecule has 0 heterocycles. The predicted octanol–water partition coefficient (Wildman–Crippen LogP) is 2.06. The van der Waals surface area contributed by atoms with E-state index in [1.807, 2.05) is 0 Å². The molecule has 2 aromatic carbocycles. The minimum atomic E-state index is -4.33. The monoisotopic (exact) mass is 560 g/mol. The number of aliphatic hydroxyl groups is 3. The number of aromatic hydroxyl groups is 1. The van der Waals surface area contributed by atoms with Crippen LogP contribution in [0.15, 0.2) is 47.7 Å². The Morgan fingerprint density at radius 3 is 2.38 bits per heavy atom. The van der Waals surface area contributed by atoms with Crippen molar-refractivity contribution in [2.75, 3.05) is 6.54 Å². The lowest BCUT2D eigenvalue weighted by molar-refractivity contribution is -0.167. The molecule has 5 rings (SSSR count). The van der Waals surface area contributed by atoms with Gasteiger partial charge in [-0.05, 0) is 53.5 Å². The van der Waals surface area contributed by atoms with Crippen molar-refractivity contribution in [2.45, 2.75) is 43.7 Å². The van der Waals surface area contributed by atoms with Crippen molar-refractivity contribution in [1.29, 1.82) is 0 Å². The Morgan fingerprint density at radius 2 is 1.75 bits per heavy atom. The number of fused-ring (bicyclic) bond motifs is 3. The number of ketones is 2. The number of hydrogen-bond acceptors (Lipinski definition) is 8. The Hall–Kier alpha value is -3.74. The third-order valence-electron chi connectivity index (χ3n) is 8.19. The van der Waals surface area contributed by atoms with E-state index in [2.05, 4.69) is 5.32 Å². The van der Waals surface area contributed by atoms with E-state index in [-0.39, 0.29) is 42.7 Å². The summed E-state index contributed by atoms with van der Waals surface area (Å²) < 4.78 is 37.3. The Balaban J connectivity index is 1.51.